The first-order chi connectivity index (χ1) is 5.61. The minimum atomic E-state index is -0.529. The van der Waals surface area contributed by atoms with Gasteiger partial charge in [-0.25, -0.2) is 0 Å². The number of rotatable bonds is 1. The van der Waals surface area contributed by atoms with Crippen LogP contribution < -0.4 is 0 Å². The van der Waals surface area contributed by atoms with E-state index >= 15 is 0 Å². The molecule has 0 aliphatic carbocycles. The number of thioether (sulfide) groups is 1. The molecule has 0 amide bonds. The predicted molar refractivity (Wildman–Crippen MR) is 53.6 cm³/mol. The Kier molecular flexibility index (Phi) is 3.72. The maximum atomic E-state index is 10.5. The monoisotopic (exact) mass is 240 g/mol. The summed E-state index contributed by atoms with van der Waals surface area (Å²) in [6.45, 7) is 0. The fraction of sp³-hybridized carbons (Fsp3) is 0. The van der Waals surface area contributed by atoms with Gasteiger partial charge in [-0.3, -0.25) is 4.79 Å². The van der Waals surface area contributed by atoms with Crippen molar-refractivity contribution in [1.82, 2.24) is 0 Å². The van der Waals surface area contributed by atoms with Crippen molar-refractivity contribution in [3.8, 4) is 0 Å². The van der Waals surface area contributed by atoms with Gasteiger partial charge in [0.2, 0.25) is 0 Å². The average molecular weight is 242 g/mol. The Balaban J connectivity index is 3.00. The molecule has 0 aliphatic heterocycles. The highest BCUT2D eigenvalue weighted by molar-refractivity contribution is 8.16. The molecule has 0 N–H and O–H groups in total. The smallest absolute Gasteiger partial charge is 0.268 e. The highest BCUT2D eigenvalue weighted by Crippen LogP contribution is 2.33. The van der Waals surface area contributed by atoms with Gasteiger partial charge in [-0.15, -0.1) is 0 Å². The van der Waals surface area contributed by atoms with E-state index in [1.165, 1.54) is 0 Å². The summed E-state index contributed by atoms with van der Waals surface area (Å²) in [6, 6.07) is 5.03. The van der Waals surface area contributed by atoms with E-state index in [-0.39, 0.29) is 0 Å². The lowest BCUT2D eigenvalue weighted by Gasteiger charge is -2.00. The van der Waals surface area contributed by atoms with E-state index in [0.29, 0.717) is 14.9 Å². The fourth-order valence-electron chi connectivity index (χ4n) is 0.649. The summed E-state index contributed by atoms with van der Waals surface area (Å²) < 4.78 is -0.529. The second-order valence-electron chi connectivity index (χ2n) is 1.89. The summed E-state index contributed by atoms with van der Waals surface area (Å²) >= 11 is 17.5. The van der Waals surface area contributed by atoms with Crippen LogP contribution in [0.5, 0.6) is 0 Å². The molecule has 0 bridgehead atoms. The third-order valence-corrected chi connectivity index (χ3v) is 2.99. The van der Waals surface area contributed by atoms with Crippen LogP contribution >= 0.6 is 46.6 Å². The van der Waals surface area contributed by atoms with Crippen molar-refractivity contribution in [3.05, 3.63) is 28.2 Å². The van der Waals surface area contributed by atoms with Crippen LogP contribution in [-0.4, -0.2) is 4.57 Å². The van der Waals surface area contributed by atoms with Gasteiger partial charge in [-0.05, 0) is 35.5 Å². The predicted octanol–water partition coefficient (Wildman–Crippen LogP) is 4.44. The third kappa shape index (κ3) is 2.56. The minimum Gasteiger partial charge on any atom is -0.268 e. The maximum absolute atomic E-state index is 10.5. The normalized spacial score (nSPS) is 9.92. The first kappa shape index (κ1) is 10.2. The van der Waals surface area contributed by atoms with E-state index in [1.54, 1.807) is 18.2 Å². The SMILES string of the molecule is O=C(Cl)Sc1cccc(Cl)c1Cl. The van der Waals surface area contributed by atoms with Crippen LogP contribution in [0.25, 0.3) is 0 Å². The highest BCUT2D eigenvalue weighted by atomic mass is 35.5. The van der Waals surface area contributed by atoms with Gasteiger partial charge in [0.1, 0.15) is 0 Å². The van der Waals surface area contributed by atoms with Crippen LogP contribution in [0.4, 0.5) is 4.79 Å². The quantitative estimate of drug-likeness (QED) is 0.534. The first-order valence-electron chi connectivity index (χ1n) is 2.92. The second kappa shape index (κ2) is 4.38. The van der Waals surface area contributed by atoms with Gasteiger partial charge in [0, 0.05) is 4.90 Å². The minimum absolute atomic E-state index is 0.359. The number of carbonyl (C=O) groups is 1. The molecule has 1 rings (SSSR count). The number of hydrogen-bond donors (Lipinski definition) is 0. The van der Waals surface area contributed by atoms with E-state index in [0.717, 1.165) is 11.8 Å². The molecular formula is C7H3Cl3OS. The van der Waals surface area contributed by atoms with Crippen LogP contribution in [0.2, 0.25) is 10.0 Å². The Bertz CT molecular complexity index is 314. The summed E-state index contributed by atoms with van der Waals surface area (Å²) in [7, 11) is 0. The molecule has 5 heteroatoms. The van der Waals surface area contributed by atoms with Crippen LogP contribution in [0.1, 0.15) is 0 Å². The van der Waals surface area contributed by atoms with E-state index in [2.05, 4.69) is 0 Å². The van der Waals surface area contributed by atoms with Crippen molar-refractivity contribution in [2.75, 3.05) is 0 Å². The standard InChI is InChI=1S/C7H3Cl3OS/c8-4-2-1-3-5(6(4)9)12-7(10)11/h1-3H. The van der Waals surface area contributed by atoms with Crippen molar-refractivity contribution >= 4 is 51.1 Å². The van der Waals surface area contributed by atoms with Crippen LogP contribution in [0.3, 0.4) is 0 Å². The van der Waals surface area contributed by atoms with Gasteiger partial charge in [-0.1, -0.05) is 29.3 Å². The van der Waals surface area contributed by atoms with Crippen molar-refractivity contribution in [3.63, 3.8) is 0 Å². The number of halogens is 3. The molecule has 0 aromatic heterocycles. The van der Waals surface area contributed by atoms with Crippen LogP contribution in [-0.2, 0) is 0 Å². The lowest BCUT2D eigenvalue weighted by Crippen LogP contribution is -1.78. The molecule has 0 saturated carbocycles. The molecule has 1 aromatic carbocycles. The lowest BCUT2D eigenvalue weighted by molar-refractivity contribution is 0.276. The molecule has 0 fully saturated rings. The van der Waals surface area contributed by atoms with Crippen molar-refractivity contribution in [1.29, 1.82) is 0 Å². The Hall–Kier alpha value is 0.110. The molecule has 0 heterocycles. The lowest BCUT2D eigenvalue weighted by atomic mass is 10.4. The Morgan fingerprint density at radius 1 is 1.33 bits per heavy atom. The molecule has 0 spiro atoms. The summed E-state index contributed by atoms with van der Waals surface area (Å²) in [4.78, 5) is 11.1. The highest BCUT2D eigenvalue weighted by Gasteiger charge is 2.07. The molecule has 0 saturated heterocycles. The maximum Gasteiger partial charge on any atom is 0.284 e. The van der Waals surface area contributed by atoms with E-state index in [9.17, 15) is 4.79 Å². The van der Waals surface area contributed by atoms with Gasteiger partial charge in [0.15, 0.2) is 0 Å². The molecule has 0 unspecified atom stereocenters. The van der Waals surface area contributed by atoms with Gasteiger partial charge < -0.3 is 0 Å². The van der Waals surface area contributed by atoms with Gasteiger partial charge in [0.05, 0.1) is 10.0 Å². The summed E-state index contributed by atoms with van der Waals surface area (Å²) in [5.41, 5.74) is 0. The zero-order valence-electron chi connectivity index (χ0n) is 5.68. The topological polar surface area (TPSA) is 17.1 Å². The van der Waals surface area contributed by atoms with E-state index in [4.69, 9.17) is 34.8 Å². The molecule has 64 valence electrons. The third-order valence-electron chi connectivity index (χ3n) is 1.11. The zero-order chi connectivity index (χ0) is 9.14. The summed E-state index contributed by atoms with van der Waals surface area (Å²) in [5.74, 6) is 0. The largest absolute Gasteiger partial charge is 0.284 e. The van der Waals surface area contributed by atoms with E-state index < -0.39 is 4.57 Å². The summed E-state index contributed by atoms with van der Waals surface area (Å²) in [6.07, 6.45) is 0. The molecule has 0 atom stereocenters. The van der Waals surface area contributed by atoms with Crippen molar-refractivity contribution in [2.45, 2.75) is 4.90 Å². The molecule has 0 aliphatic rings. The Labute approximate surface area is 89.0 Å². The average Bonchev–Trinajstić information content (AvgIpc) is 1.98. The molecule has 1 aromatic rings. The molecule has 12 heavy (non-hydrogen) atoms. The van der Waals surface area contributed by atoms with E-state index in [1.807, 2.05) is 0 Å². The second-order valence-corrected chi connectivity index (χ2v) is 4.26. The Morgan fingerprint density at radius 2 is 2.00 bits per heavy atom. The zero-order valence-corrected chi connectivity index (χ0v) is 8.77. The Morgan fingerprint density at radius 3 is 2.58 bits per heavy atom. The van der Waals surface area contributed by atoms with Gasteiger partial charge >= 0.3 is 0 Å². The van der Waals surface area contributed by atoms with Crippen LogP contribution in [0, 0.1) is 0 Å². The van der Waals surface area contributed by atoms with Gasteiger partial charge in [0.25, 0.3) is 4.57 Å². The number of benzene rings is 1. The molecular weight excluding hydrogens is 239 g/mol. The molecule has 1 nitrogen and oxygen atoms in total. The van der Waals surface area contributed by atoms with Crippen molar-refractivity contribution in [2.24, 2.45) is 0 Å². The van der Waals surface area contributed by atoms with Crippen molar-refractivity contribution < 1.29 is 4.79 Å². The fourth-order valence-corrected chi connectivity index (χ4v) is 1.89. The number of hydrogen-bond acceptors (Lipinski definition) is 2. The molecule has 0 radical (unpaired) electrons. The number of carbonyl (C=O) groups excluding carboxylic acids is 1. The first-order valence-corrected chi connectivity index (χ1v) is 4.87. The van der Waals surface area contributed by atoms with Crippen LogP contribution in [0.15, 0.2) is 23.1 Å². The summed E-state index contributed by atoms with van der Waals surface area (Å²) in [5, 5.41) is 0.776. The van der Waals surface area contributed by atoms with Gasteiger partial charge in [-0.2, -0.15) is 0 Å².